The van der Waals surface area contributed by atoms with Crippen molar-refractivity contribution in [1.82, 2.24) is 10.2 Å². The van der Waals surface area contributed by atoms with Crippen molar-refractivity contribution >= 4 is 0 Å². The van der Waals surface area contributed by atoms with Crippen LogP contribution in [0.4, 0.5) is 26.3 Å². The van der Waals surface area contributed by atoms with Gasteiger partial charge in [-0.2, -0.15) is 26.3 Å². The van der Waals surface area contributed by atoms with Crippen LogP contribution in [0.3, 0.4) is 0 Å². The zero-order valence-electron chi connectivity index (χ0n) is 8.58. The van der Waals surface area contributed by atoms with Gasteiger partial charge in [0.2, 0.25) is 0 Å². The van der Waals surface area contributed by atoms with Gasteiger partial charge in [-0.15, -0.1) is 0 Å². The van der Waals surface area contributed by atoms with Crippen molar-refractivity contribution in [3.63, 3.8) is 0 Å². The molecule has 0 aliphatic carbocycles. The molecule has 0 aromatic rings. The Balaban J connectivity index is 4.71. The van der Waals surface area contributed by atoms with E-state index in [-0.39, 0.29) is 6.54 Å². The van der Waals surface area contributed by atoms with Crippen molar-refractivity contribution in [1.29, 1.82) is 0 Å². The Morgan fingerprint density at radius 3 is 1.62 bits per heavy atom. The Labute approximate surface area is 88.0 Å². The van der Waals surface area contributed by atoms with Crippen molar-refractivity contribution in [3.8, 4) is 0 Å². The number of hydrogen-bond donors (Lipinski definition) is 2. The first-order chi connectivity index (χ1) is 6.92. The predicted octanol–water partition coefficient (Wildman–Crippen LogP) is 0.951. The monoisotopic (exact) mass is 254 g/mol. The lowest BCUT2D eigenvalue weighted by atomic mass is 10.2. The van der Waals surface area contributed by atoms with Gasteiger partial charge in [-0.3, -0.25) is 5.32 Å². The minimum absolute atomic E-state index is 0.0749. The number of rotatable bonds is 4. The van der Waals surface area contributed by atoms with Gasteiger partial charge in [0.15, 0.2) is 0 Å². The van der Waals surface area contributed by atoms with Crippen LogP contribution in [0, 0.1) is 0 Å². The molecular weight excluding hydrogens is 242 g/mol. The lowest BCUT2D eigenvalue weighted by Crippen LogP contribution is -2.66. The van der Waals surface area contributed by atoms with E-state index in [4.69, 9.17) is 5.11 Å². The average Bonchev–Trinajstić information content (AvgIpc) is 1.98. The van der Waals surface area contributed by atoms with Gasteiger partial charge in [0.05, 0.1) is 0 Å². The van der Waals surface area contributed by atoms with Crippen molar-refractivity contribution in [3.05, 3.63) is 0 Å². The molecule has 0 heterocycles. The number of alkyl halides is 6. The molecule has 9 heteroatoms. The molecule has 0 saturated carbocycles. The van der Waals surface area contributed by atoms with E-state index in [1.165, 1.54) is 19.0 Å². The molecular formula is C7H12F6N2O. The van der Waals surface area contributed by atoms with E-state index in [2.05, 4.69) is 0 Å². The summed E-state index contributed by atoms with van der Waals surface area (Å²) >= 11 is 0. The fourth-order valence-electron chi connectivity index (χ4n) is 0.822. The highest BCUT2D eigenvalue weighted by Gasteiger charge is 2.70. The Kier molecular flexibility index (Phi) is 4.60. The molecule has 0 aliphatic rings. The Hall–Kier alpha value is -0.540. The van der Waals surface area contributed by atoms with Crippen LogP contribution in [0.2, 0.25) is 0 Å². The van der Waals surface area contributed by atoms with E-state index in [0.29, 0.717) is 0 Å². The van der Waals surface area contributed by atoms with Crippen LogP contribution in [0.1, 0.15) is 0 Å². The molecule has 0 unspecified atom stereocenters. The standard InChI is InChI=1S/C7H12F6N2O/c1-15(2)4-3-14-5(16,6(8,9)10)7(11,12)13/h14,16H,3-4H2,1-2H3. The summed E-state index contributed by atoms with van der Waals surface area (Å²) in [5.41, 5.74) is -4.87. The fourth-order valence-corrected chi connectivity index (χ4v) is 0.822. The highest BCUT2D eigenvalue weighted by molar-refractivity contribution is 4.91. The molecule has 98 valence electrons. The van der Waals surface area contributed by atoms with Crippen LogP contribution >= 0.6 is 0 Å². The van der Waals surface area contributed by atoms with E-state index < -0.39 is 24.6 Å². The van der Waals surface area contributed by atoms with Crippen LogP contribution in [0.25, 0.3) is 0 Å². The van der Waals surface area contributed by atoms with Gasteiger partial charge in [-0.1, -0.05) is 0 Å². The minimum atomic E-state index is -5.82. The number of nitrogens with one attached hydrogen (secondary N) is 1. The Bertz CT molecular complexity index is 210. The van der Waals surface area contributed by atoms with Crippen molar-refractivity contribution in [2.24, 2.45) is 0 Å². The summed E-state index contributed by atoms with van der Waals surface area (Å²) in [6.07, 6.45) is -11.6. The maximum atomic E-state index is 12.1. The van der Waals surface area contributed by atoms with Crippen molar-refractivity contribution < 1.29 is 31.4 Å². The zero-order valence-corrected chi connectivity index (χ0v) is 8.58. The van der Waals surface area contributed by atoms with Gasteiger partial charge >= 0.3 is 18.1 Å². The second-order valence-corrected chi connectivity index (χ2v) is 3.44. The van der Waals surface area contributed by atoms with Crippen LogP contribution in [0.15, 0.2) is 0 Å². The number of hydrogen-bond acceptors (Lipinski definition) is 3. The van der Waals surface area contributed by atoms with E-state index >= 15 is 0 Å². The third kappa shape index (κ3) is 3.49. The molecule has 3 nitrogen and oxygen atoms in total. The van der Waals surface area contributed by atoms with Gasteiger partial charge in [0, 0.05) is 13.1 Å². The first kappa shape index (κ1) is 15.5. The third-order valence-electron chi connectivity index (χ3n) is 1.76. The quantitative estimate of drug-likeness (QED) is 0.579. The molecule has 0 amide bonds. The first-order valence-electron chi connectivity index (χ1n) is 4.17. The smallest absolute Gasteiger partial charge is 0.361 e. The molecule has 0 aliphatic heterocycles. The Morgan fingerprint density at radius 1 is 1.00 bits per heavy atom. The van der Waals surface area contributed by atoms with E-state index in [9.17, 15) is 26.3 Å². The van der Waals surface area contributed by atoms with Crippen molar-refractivity contribution in [2.45, 2.75) is 18.1 Å². The summed E-state index contributed by atoms with van der Waals surface area (Å²) < 4.78 is 72.5. The molecule has 0 saturated heterocycles. The molecule has 0 aromatic heterocycles. The highest BCUT2D eigenvalue weighted by Crippen LogP contribution is 2.40. The van der Waals surface area contributed by atoms with E-state index in [0.717, 1.165) is 5.32 Å². The average molecular weight is 254 g/mol. The highest BCUT2D eigenvalue weighted by atomic mass is 19.4. The maximum Gasteiger partial charge on any atom is 0.440 e. The molecule has 0 radical (unpaired) electrons. The molecule has 0 atom stereocenters. The van der Waals surface area contributed by atoms with Crippen LogP contribution in [-0.4, -0.2) is 55.3 Å². The summed E-state index contributed by atoms with van der Waals surface area (Å²) in [7, 11) is 2.95. The second kappa shape index (κ2) is 4.76. The molecule has 0 aromatic carbocycles. The number of nitrogens with zero attached hydrogens (tertiary/aromatic N) is 1. The summed E-state index contributed by atoms with van der Waals surface area (Å²) in [5.74, 6) is 0. The number of aliphatic hydroxyl groups is 1. The van der Waals surface area contributed by atoms with Crippen LogP contribution < -0.4 is 5.32 Å². The second-order valence-electron chi connectivity index (χ2n) is 3.44. The minimum Gasteiger partial charge on any atom is -0.361 e. The molecule has 0 bridgehead atoms. The number of likely N-dealkylation sites (N-methyl/N-ethyl adjacent to an activating group) is 1. The predicted molar refractivity (Wildman–Crippen MR) is 43.6 cm³/mol. The molecule has 0 rings (SSSR count). The molecule has 16 heavy (non-hydrogen) atoms. The number of halogens is 6. The lowest BCUT2D eigenvalue weighted by Gasteiger charge is -2.33. The lowest BCUT2D eigenvalue weighted by molar-refractivity contribution is -0.379. The summed E-state index contributed by atoms with van der Waals surface area (Å²) in [4.78, 5) is 1.38. The SMILES string of the molecule is CN(C)CCNC(O)(C(F)(F)F)C(F)(F)F. The third-order valence-corrected chi connectivity index (χ3v) is 1.76. The zero-order chi connectivity index (χ0) is 13.2. The molecule has 0 fully saturated rings. The molecule has 0 spiro atoms. The fraction of sp³-hybridized carbons (Fsp3) is 1.00. The summed E-state index contributed by atoms with van der Waals surface area (Å²) in [6, 6.07) is 0. The Morgan fingerprint density at radius 2 is 1.38 bits per heavy atom. The first-order valence-corrected chi connectivity index (χ1v) is 4.17. The van der Waals surface area contributed by atoms with Gasteiger partial charge in [0.25, 0.3) is 0 Å². The van der Waals surface area contributed by atoms with Crippen LogP contribution in [0.5, 0.6) is 0 Å². The van der Waals surface area contributed by atoms with Crippen molar-refractivity contribution in [2.75, 3.05) is 27.2 Å². The van der Waals surface area contributed by atoms with Gasteiger partial charge in [-0.25, -0.2) is 0 Å². The van der Waals surface area contributed by atoms with Gasteiger partial charge < -0.3 is 10.0 Å². The molecule has 2 N–H and O–H groups in total. The summed E-state index contributed by atoms with van der Waals surface area (Å²) in [6.45, 7) is -0.725. The van der Waals surface area contributed by atoms with Crippen LogP contribution in [-0.2, 0) is 0 Å². The van der Waals surface area contributed by atoms with E-state index in [1.807, 2.05) is 0 Å². The van der Waals surface area contributed by atoms with Gasteiger partial charge in [0.1, 0.15) is 0 Å². The summed E-state index contributed by atoms with van der Waals surface area (Å²) in [5, 5.41) is 9.69. The normalized spacial score (nSPS) is 14.6. The topological polar surface area (TPSA) is 35.5 Å². The van der Waals surface area contributed by atoms with Gasteiger partial charge in [-0.05, 0) is 14.1 Å². The largest absolute Gasteiger partial charge is 0.440 e. The van der Waals surface area contributed by atoms with E-state index in [1.54, 1.807) is 0 Å². The maximum absolute atomic E-state index is 12.1.